The fraction of sp³-hybridized carbons (Fsp3) is 0.250. The van der Waals surface area contributed by atoms with Crippen molar-refractivity contribution in [1.29, 1.82) is 0 Å². The van der Waals surface area contributed by atoms with Crippen molar-refractivity contribution in [2.24, 2.45) is 0 Å². The molecule has 0 aromatic carbocycles. The highest BCUT2D eigenvalue weighted by molar-refractivity contribution is 7.15. The lowest BCUT2D eigenvalue weighted by Gasteiger charge is -2.00. The molecule has 2 aromatic rings. The first-order chi connectivity index (χ1) is 7.15. The zero-order valence-electron chi connectivity index (χ0n) is 8.04. The minimum Gasteiger partial charge on any atom is -0.374 e. The van der Waals surface area contributed by atoms with Crippen LogP contribution in [0.3, 0.4) is 0 Å². The Balaban J connectivity index is 2.28. The molecule has 2 rings (SSSR count). The molecule has 2 N–H and O–H groups in total. The van der Waals surface area contributed by atoms with Gasteiger partial charge in [0.2, 0.25) is 5.13 Å². The van der Waals surface area contributed by atoms with Crippen LogP contribution in [-0.2, 0) is 6.54 Å². The van der Waals surface area contributed by atoms with Crippen LogP contribution in [0.5, 0.6) is 0 Å². The van der Waals surface area contributed by atoms with Gasteiger partial charge in [0.05, 0.1) is 12.9 Å². The van der Waals surface area contributed by atoms with E-state index in [0.717, 1.165) is 0 Å². The predicted octanol–water partition coefficient (Wildman–Crippen LogP) is 0.0337. The van der Waals surface area contributed by atoms with Crippen LogP contribution in [0.1, 0.15) is 10.7 Å². The summed E-state index contributed by atoms with van der Waals surface area (Å²) in [5.41, 5.74) is 6.04. The summed E-state index contributed by atoms with van der Waals surface area (Å²) in [5, 5.41) is 8.60. The van der Waals surface area contributed by atoms with Gasteiger partial charge in [-0.3, -0.25) is 9.36 Å². The van der Waals surface area contributed by atoms with Crippen LogP contribution >= 0.6 is 11.3 Å². The molecule has 0 atom stereocenters. The van der Waals surface area contributed by atoms with Crippen molar-refractivity contribution in [3.63, 3.8) is 0 Å². The maximum atomic E-state index is 11.5. The van der Waals surface area contributed by atoms with Crippen molar-refractivity contribution in [3.8, 4) is 0 Å². The Morgan fingerprint density at radius 2 is 2.33 bits per heavy atom. The lowest BCUT2D eigenvalue weighted by molar-refractivity contribution is 0.718. The van der Waals surface area contributed by atoms with Gasteiger partial charge in [-0.1, -0.05) is 11.3 Å². The third kappa shape index (κ3) is 2.18. The van der Waals surface area contributed by atoms with Crippen LogP contribution in [0.15, 0.2) is 17.2 Å². The zero-order valence-corrected chi connectivity index (χ0v) is 8.86. The lowest BCUT2D eigenvalue weighted by atomic mass is 10.4. The first-order valence-electron chi connectivity index (χ1n) is 4.26. The van der Waals surface area contributed by atoms with E-state index in [1.165, 1.54) is 28.3 Å². The molecule has 0 saturated heterocycles. The highest BCUT2D eigenvalue weighted by Gasteiger charge is 2.03. The van der Waals surface area contributed by atoms with E-state index in [-0.39, 0.29) is 5.56 Å². The second kappa shape index (κ2) is 3.77. The summed E-state index contributed by atoms with van der Waals surface area (Å²) in [6.07, 6.45) is 1.50. The number of rotatable bonds is 2. The summed E-state index contributed by atoms with van der Waals surface area (Å²) in [7, 11) is 0. The minimum absolute atomic E-state index is 0.101. The maximum absolute atomic E-state index is 11.5. The van der Waals surface area contributed by atoms with Gasteiger partial charge in [-0.05, 0) is 6.92 Å². The van der Waals surface area contributed by atoms with Crippen molar-refractivity contribution in [3.05, 3.63) is 33.4 Å². The number of nitrogen functional groups attached to an aromatic ring is 1. The van der Waals surface area contributed by atoms with Crippen molar-refractivity contribution < 1.29 is 0 Å². The van der Waals surface area contributed by atoms with E-state index in [9.17, 15) is 4.79 Å². The molecule has 0 spiro atoms. The Hall–Kier alpha value is -1.76. The molecule has 0 aliphatic carbocycles. The van der Waals surface area contributed by atoms with E-state index in [1.54, 1.807) is 6.92 Å². The first-order valence-corrected chi connectivity index (χ1v) is 5.08. The van der Waals surface area contributed by atoms with Crippen LogP contribution in [0, 0.1) is 6.92 Å². The van der Waals surface area contributed by atoms with Crippen LogP contribution in [0.2, 0.25) is 0 Å². The average Bonchev–Trinajstić information content (AvgIpc) is 2.56. The quantitative estimate of drug-likeness (QED) is 0.776. The van der Waals surface area contributed by atoms with Gasteiger partial charge in [0.15, 0.2) is 0 Å². The molecule has 0 amide bonds. The molecule has 0 fully saturated rings. The highest BCUT2D eigenvalue weighted by atomic mass is 32.1. The topological polar surface area (TPSA) is 86.7 Å². The van der Waals surface area contributed by atoms with Crippen molar-refractivity contribution in [2.45, 2.75) is 13.5 Å². The van der Waals surface area contributed by atoms with Crippen LogP contribution in [0.4, 0.5) is 5.13 Å². The monoisotopic (exact) mass is 223 g/mol. The number of nitrogens with two attached hydrogens (primary N) is 1. The molecule has 0 aliphatic rings. The van der Waals surface area contributed by atoms with Gasteiger partial charge in [0, 0.05) is 11.8 Å². The summed E-state index contributed by atoms with van der Waals surface area (Å²) in [6.45, 7) is 2.13. The predicted molar refractivity (Wildman–Crippen MR) is 56.7 cm³/mol. The summed E-state index contributed by atoms with van der Waals surface area (Å²) in [4.78, 5) is 15.5. The molecule has 0 radical (unpaired) electrons. The Labute approximate surface area is 89.4 Å². The van der Waals surface area contributed by atoms with Crippen molar-refractivity contribution in [1.82, 2.24) is 19.7 Å². The number of nitrogens with zero attached hydrogens (tertiary/aromatic N) is 4. The van der Waals surface area contributed by atoms with E-state index in [1.807, 2.05) is 0 Å². The molecule has 6 nitrogen and oxygen atoms in total. The smallest absolute Gasteiger partial charge is 0.253 e. The zero-order chi connectivity index (χ0) is 10.8. The van der Waals surface area contributed by atoms with Gasteiger partial charge in [-0.2, -0.15) is 0 Å². The van der Waals surface area contributed by atoms with E-state index in [4.69, 9.17) is 5.73 Å². The van der Waals surface area contributed by atoms with E-state index >= 15 is 0 Å². The third-order valence-electron chi connectivity index (χ3n) is 1.80. The molecule has 78 valence electrons. The van der Waals surface area contributed by atoms with Gasteiger partial charge in [-0.25, -0.2) is 4.98 Å². The fourth-order valence-electron chi connectivity index (χ4n) is 1.11. The number of aromatic nitrogens is 4. The normalized spacial score (nSPS) is 10.5. The van der Waals surface area contributed by atoms with Gasteiger partial charge < -0.3 is 5.73 Å². The van der Waals surface area contributed by atoms with Gasteiger partial charge in [0.25, 0.3) is 5.56 Å². The second-order valence-corrected chi connectivity index (χ2v) is 4.12. The summed E-state index contributed by atoms with van der Waals surface area (Å²) < 4.78 is 1.47. The number of hydrogen-bond donors (Lipinski definition) is 1. The largest absolute Gasteiger partial charge is 0.374 e. The van der Waals surface area contributed by atoms with Crippen LogP contribution < -0.4 is 11.3 Å². The maximum Gasteiger partial charge on any atom is 0.253 e. The molecule has 2 aromatic heterocycles. The second-order valence-electron chi connectivity index (χ2n) is 3.03. The van der Waals surface area contributed by atoms with E-state index in [2.05, 4.69) is 15.2 Å². The molecule has 0 bridgehead atoms. The van der Waals surface area contributed by atoms with Gasteiger partial charge >= 0.3 is 0 Å². The van der Waals surface area contributed by atoms with Crippen molar-refractivity contribution >= 4 is 16.5 Å². The Bertz CT molecular complexity index is 532. The van der Waals surface area contributed by atoms with Crippen LogP contribution in [0.25, 0.3) is 0 Å². The molecular formula is C8H9N5OS. The van der Waals surface area contributed by atoms with Gasteiger partial charge in [0.1, 0.15) is 5.01 Å². The molecule has 0 saturated carbocycles. The summed E-state index contributed by atoms with van der Waals surface area (Å²) in [6, 6.07) is 1.48. The fourth-order valence-corrected chi connectivity index (χ4v) is 1.72. The standard InChI is InChI=1S/C8H9N5OS/c1-5-2-7(14)13(4-10-5)3-6-11-12-8(9)15-6/h2,4H,3H2,1H3,(H2,9,12). The molecular weight excluding hydrogens is 214 g/mol. The summed E-state index contributed by atoms with van der Waals surface area (Å²) in [5.74, 6) is 0. The number of aryl methyl sites for hydroxylation is 1. The lowest BCUT2D eigenvalue weighted by Crippen LogP contribution is -2.20. The van der Waals surface area contributed by atoms with Crippen LogP contribution in [-0.4, -0.2) is 19.7 Å². The molecule has 0 unspecified atom stereocenters. The molecule has 2 heterocycles. The Morgan fingerprint density at radius 3 is 2.93 bits per heavy atom. The Morgan fingerprint density at radius 1 is 1.53 bits per heavy atom. The average molecular weight is 223 g/mol. The van der Waals surface area contributed by atoms with Crippen molar-refractivity contribution in [2.75, 3.05) is 5.73 Å². The molecule has 7 heteroatoms. The van der Waals surface area contributed by atoms with E-state index < -0.39 is 0 Å². The number of hydrogen-bond acceptors (Lipinski definition) is 6. The van der Waals surface area contributed by atoms with E-state index in [0.29, 0.717) is 22.4 Å². The SMILES string of the molecule is Cc1cc(=O)n(Cc2nnc(N)s2)cn1. The summed E-state index contributed by atoms with van der Waals surface area (Å²) >= 11 is 1.26. The highest BCUT2D eigenvalue weighted by Crippen LogP contribution is 2.11. The van der Waals surface area contributed by atoms with Gasteiger partial charge in [-0.15, -0.1) is 10.2 Å². The molecule has 15 heavy (non-hydrogen) atoms. The first kappa shape index (κ1) is 9.78. The number of anilines is 1. The molecule has 0 aliphatic heterocycles. The minimum atomic E-state index is -0.101. The third-order valence-corrected chi connectivity index (χ3v) is 2.54. The Kier molecular flexibility index (Phi) is 2.46.